The fraction of sp³-hybridized carbons (Fsp3) is 0.0526. The van der Waals surface area contributed by atoms with Gasteiger partial charge in [-0.2, -0.15) is 0 Å². The fourth-order valence-electron chi connectivity index (χ4n) is 2.14. The number of hydrogen-bond acceptors (Lipinski definition) is 2. The summed E-state index contributed by atoms with van der Waals surface area (Å²) in [5, 5.41) is 9.06. The van der Waals surface area contributed by atoms with Crippen molar-refractivity contribution in [3.8, 4) is 22.6 Å². The number of aliphatic hydroxyl groups is 1. The second-order valence-electron chi connectivity index (χ2n) is 4.79. The van der Waals surface area contributed by atoms with Crippen LogP contribution < -0.4 is 4.74 Å². The van der Waals surface area contributed by atoms with Crippen LogP contribution in [0.4, 0.5) is 0 Å². The van der Waals surface area contributed by atoms with Gasteiger partial charge in [0.05, 0.1) is 6.61 Å². The van der Waals surface area contributed by atoms with Crippen molar-refractivity contribution in [3.63, 3.8) is 0 Å². The standard InChI is InChI=1S/C19H16O2/c20-14-15-6-8-16(9-7-15)17-10-12-19(13-11-17)21-18-4-2-1-3-5-18/h1-13,20H,14H2. The molecule has 104 valence electrons. The van der Waals surface area contributed by atoms with Crippen LogP contribution in [0.25, 0.3) is 11.1 Å². The van der Waals surface area contributed by atoms with Crippen molar-refractivity contribution in [3.05, 3.63) is 84.4 Å². The summed E-state index contributed by atoms with van der Waals surface area (Å²) in [7, 11) is 0. The molecule has 1 N–H and O–H groups in total. The first-order valence-corrected chi connectivity index (χ1v) is 6.88. The van der Waals surface area contributed by atoms with Crippen molar-refractivity contribution >= 4 is 0 Å². The Hall–Kier alpha value is -2.58. The highest BCUT2D eigenvalue weighted by Gasteiger charge is 2.00. The highest BCUT2D eigenvalue weighted by Crippen LogP contribution is 2.25. The summed E-state index contributed by atoms with van der Waals surface area (Å²) in [6.45, 7) is 0.0735. The summed E-state index contributed by atoms with van der Waals surface area (Å²) in [5.74, 6) is 1.65. The fourth-order valence-corrected chi connectivity index (χ4v) is 2.14. The molecule has 0 radical (unpaired) electrons. The van der Waals surface area contributed by atoms with E-state index in [1.165, 1.54) is 0 Å². The molecule has 2 nitrogen and oxygen atoms in total. The molecule has 0 bridgehead atoms. The normalized spacial score (nSPS) is 10.3. The van der Waals surface area contributed by atoms with Gasteiger partial charge in [0.15, 0.2) is 0 Å². The van der Waals surface area contributed by atoms with Crippen LogP contribution in [-0.4, -0.2) is 5.11 Å². The first kappa shape index (κ1) is 13.4. The number of ether oxygens (including phenoxy) is 1. The predicted molar refractivity (Wildman–Crippen MR) is 84.3 cm³/mol. The van der Waals surface area contributed by atoms with Gasteiger partial charge < -0.3 is 9.84 Å². The minimum absolute atomic E-state index is 0.0735. The van der Waals surface area contributed by atoms with Crippen LogP contribution in [0.5, 0.6) is 11.5 Å². The summed E-state index contributed by atoms with van der Waals surface area (Å²) in [6, 6.07) is 25.6. The second kappa shape index (κ2) is 6.25. The van der Waals surface area contributed by atoms with Crippen LogP contribution in [0, 0.1) is 0 Å². The molecule has 3 rings (SSSR count). The second-order valence-corrected chi connectivity index (χ2v) is 4.79. The van der Waals surface area contributed by atoms with E-state index in [9.17, 15) is 0 Å². The Morgan fingerprint density at radius 2 is 1.14 bits per heavy atom. The Morgan fingerprint density at radius 1 is 0.619 bits per heavy atom. The van der Waals surface area contributed by atoms with E-state index in [1.807, 2.05) is 78.9 Å². The van der Waals surface area contributed by atoms with Crippen molar-refractivity contribution in [2.75, 3.05) is 0 Å². The van der Waals surface area contributed by atoms with Crippen LogP contribution in [0.3, 0.4) is 0 Å². The molecule has 0 fully saturated rings. The summed E-state index contributed by atoms with van der Waals surface area (Å²) < 4.78 is 5.77. The van der Waals surface area contributed by atoms with Crippen molar-refractivity contribution in [1.29, 1.82) is 0 Å². The van der Waals surface area contributed by atoms with E-state index in [-0.39, 0.29) is 6.61 Å². The smallest absolute Gasteiger partial charge is 0.127 e. The molecule has 3 aromatic rings. The molecule has 3 aromatic carbocycles. The molecule has 0 aliphatic rings. The molecule has 0 aliphatic heterocycles. The molecule has 0 saturated heterocycles. The molecule has 0 aromatic heterocycles. The molecule has 0 saturated carbocycles. The van der Waals surface area contributed by atoms with Gasteiger partial charge in [-0.3, -0.25) is 0 Å². The lowest BCUT2D eigenvalue weighted by molar-refractivity contribution is 0.282. The first-order valence-electron chi connectivity index (χ1n) is 6.88. The van der Waals surface area contributed by atoms with E-state index in [1.54, 1.807) is 0 Å². The largest absolute Gasteiger partial charge is 0.457 e. The summed E-state index contributed by atoms with van der Waals surface area (Å²) in [4.78, 5) is 0. The lowest BCUT2D eigenvalue weighted by Crippen LogP contribution is -1.85. The van der Waals surface area contributed by atoms with Gasteiger partial charge in [-0.15, -0.1) is 0 Å². The minimum atomic E-state index is 0.0735. The Labute approximate surface area is 124 Å². The molecule has 0 atom stereocenters. The first-order chi connectivity index (χ1) is 10.3. The summed E-state index contributed by atoms with van der Waals surface area (Å²) in [6.07, 6.45) is 0. The lowest BCUT2D eigenvalue weighted by Gasteiger charge is -2.07. The molecule has 0 amide bonds. The molecule has 0 heterocycles. The lowest BCUT2D eigenvalue weighted by atomic mass is 10.0. The van der Waals surface area contributed by atoms with Crippen molar-refractivity contribution in [1.82, 2.24) is 0 Å². The van der Waals surface area contributed by atoms with Gasteiger partial charge in [0.2, 0.25) is 0 Å². The van der Waals surface area contributed by atoms with Crippen molar-refractivity contribution in [2.45, 2.75) is 6.61 Å². The van der Waals surface area contributed by atoms with Gasteiger partial charge >= 0.3 is 0 Å². The van der Waals surface area contributed by atoms with Crippen LogP contribution >= 0.6 is 0 Å². The van der Waals surface area contributed by atoms with Crippen molar-refractivity contribution < 1.29 is 9.84 Å². The molecule has 2 heteroatoms. The monoisotopic (exact) mass is 276 g/mol. The summed E-state index contributed by atoms with van der Waals surface area (Å²) >= 11 is 0. The van der Waals surface area contributed by atoms with E-state index in [2.05, 4.69) is 0 Å². The maximum Gasteiger partial charge on any atom is 0.127 e. The quantitative estimate of drug-likeness (QED) is 0.752. The minimum Gasteiger partial charge on any atom is -0.457 e. The molecule has 0 spiro atoms. The zero-order valence-corrected chi connectivity index (χ0v) is 11.6. The van der Waals surface area contributed by atoms with Gasteiger partial charge in [0, 0.05) is 0 Å². The van der Waals surface area contributed by atoms with E-state index in [0.717, 1.165) is 28.2 Å². The third kappa shape index (κ3) is 3.30. The zero-order chi connectivity index (χ0) is 14.5. The number of benzene rings is 3. The van der Waals surface area contributed by atoms with E-state index in [4.69, 9.17) is 9.84 Å². The van der Waals surface area contributed by atoms with Crippen LogP contribution in [0.1, 0.15) is 5.56 Å². The molecular weight excluding hydrogens is 260 g/mol. The Kier molecular flexibility index (Phi) is 3.99. The van der Waals surface area contributed by atoms with E-state index in [0.29, 0.717) is 0 Å². The van der Waals surface area contributed by atoms with Gasteiger partial charge in [0.25, 0.3) is 0 Å². The van der Waals surface area contributed by atoms with E-state index < -0.39 is 0 Å². The highest BCUT2D eigenvalue weighted by atomic mass is 16.5. The molecule has 21 heavy (non-hydrogen) atoms. The maximum absolute atomic E-state index is 9.06. The third-order valence-corrected chi connectivity index (χ3v) is 3.30. The number of hydrogen-bond donors (Lipinski definition) is 1. The van der Waals surface area contributed by atoms with Crippen molar-refractivity contribution in [2.24, 2.45) is 0 Å². The van der Waals surface area contributed by atoms with Crippen LogP contribution in [0.15, 0.2) is 78.9 Å². The SMILES string of the molecule is OCc1ccc(-c2ccc(Oc3ccccc3)cc2)cc1. The van der Waals surface area contributed by atoms with Gasteiger partial charge in [0.1, 0.15) is 11.5 Å². The third-order valence-electron chi connectivity index (χ3n) is 3.30. The number of aliphatic hydroxyl groups excluding tert-OH is 1. The van der Waals surface area contributed by atoms with Crippen LogP contribution in [-0.2, 0) is 6.61 Å². The van der Waals surface area contributed by atoms with Crippen LogP contribution in [0.2, 0.25) is 0 Å². The van der Waals surface area contributed by atoms with Gasteiger partial charge in [-0.05, 0) is 41.0 Å². The number of rotatable bonds is 4. The Balaban J connectivity index is 1.77. The average molecular weight is 276 g/mol. The van der Waals surface area contributed by atoms with E-state index >= 15 is 0 Å². The molecule has 0 unspecified atom stereocenters. The van der Waals surface area contributed by atoms with Gasteiger partial charge in [-0.25, -0.2) is 0 Å². The highest BCUT2D eigenvalue weighted by molar-refractivity contribution is 5.64. The maximum atomic E-state index is 9.06. The Morgan fingerprint density at radius 3 is 1.71 bits per heavy atom. The summed E-state index contributed by atoms with van der Waals surface area (Å²) in [5.41, 5.74) is 3.17. The topological polar surface area (TPSA) is 29.5 Å². The molecule has 0 aliphatic carbocycles. The van der Waals surface area contributed by atoms with Gasteiger partial charge in [-0.1, -0.05) is 54.6 Å². The number of para-hydroxylation sites is 1. The molecular formula is C19H16O2. The predicted octanol–water partition coefficient (Wildman–Crippen LogP) is 4.64. The Bertz CT molecular complexity index is 686. The zero-order valence-electron chi connectivity index (χ0n) is 11.6. The average Bonchev–Trinajstić information content (AvgIpc) is 2.57.